The van der Waals surface area contributed by atoms with Crippen LogP contribution in [0.25, 0.3) is 0 Å². The lowest BCUT2D eigenvalue weighted by Crippen LogP contribution is -2.24. The first-order valence-corrected chi connectivity index (χ1v) is 7.17. The van der Waals surface area contributed by atoms with E-state index in [4.69, 9.17) is 27.6 Å². The molecule has 2 nitrogen and oxygen atoms in total. The van der Waals surface area contributed by atoms with Gasteiger partial charge in [0.05, 0.1) is 16.3 Å². The largest absolute Gasteiger partial charge is 0.469 e. The van der Waals surface area contributed by atoms with E-state index in [1.54, 1.807) is 6.26 Å². The molecule has 0 amide bonds. The van der Waals surface area contributed by atoms with Crippen LogP contribution >= 0.6 is 23.2 Å². The molecule has 0 aliphatic carbocycles. The number of rotatable bonds is 6. The van der Waals surface area contributed by atoms with E-state index in [1.165, 1.54) is 0 Å². The summed E-state index contributed by atoms with van der Waals surface area (Å²) in [4.78, 5) is 0. The second-order valence-corrected chi connectivity index (χ2v) is 5.28. The Bertz CT molecular complexity index is 511. The van der Waals surface area contributed by atoms with Crippen molar-refractivity contribution in [2.45, 2.75) is 25.8 Å². The lowest BCUT2D eigenvalue weighted by atomic mass is 10.0. The molecule has 1 heterocycles. The lowest BCUT2D eigenvalue weighted by molar-refractivity contribution is 0.449. The van der Waals surface area contributed by atoms with Gasteiger partial charge in [-0.25, -0.2) is 0 Å². The van der Waals surface area contributed by atoms with Crippen LogP contribution in [0.1, 0.15) is 30.7 Å². The van der Waals surface area contributed by atoms with Gasteiger partial charge in [-0.3, -0.25) is 0 Å². The van der Waals surface area contributed by atoms with Crippen molar-refractivity contribution < 1.29 is 4.42 Å². The van der Waals surface area contributed by atoms with Gasteiger partial charge in [0, 0.05) is 12.5 Å². The van der Waals surface area contributed by atoms with Gasteiger partial charge in [-0.15, -0.1) is 0 Å². The minimum atomic E-state index is 0.181. The monoisotopic (exact) mass is 297 g/mol. The second kappa shape index (κ2) is 6.99. The molecule has 1 atom stereocenters. The van der Waals surface area contributed by atoms with Crippen molar-refractivity contribution in [1.82, 2.24) is 5.32 Å². The maximum atomic E-state index is 6.09. The molecular weight excluding hydrogens is 281 g/mol. The summed E-state index contributed by atoms with van der Waals surface area (Å²) >= 11 is 12.1. The molecule has 0 saturated heterocycles. The highest BCUT2D eigenvalue weighted by Gasteiger charge is 2.14. The maximum Gasteiger partial charge on any atom is 0.105 e. The fourth-order valence-corrected chi connectivity index (χ4v) is 2.29. The Labute approximate surface area is 123 Å². The zero-order valence-corrected chi connectivity index (χ0v) is 12.3. The van der Waals surface area contributed by atoms with E-state index in [-0.39, 0.29) is 6.04 Å². The molecule has 1 aromatic heterocycles. The van der Waals surface area contributed by atoms with Gasteiger partial charge >= 0.3 is 0 Å². The van der Waals surface area contributed by atoms with Gasteiger partial charge in [0.1, 0.15) is 5.76 Å². The molecule has 1 N–H and O–H groups in total. The van der Waals surface area contributed by atoms with Crippen LogP contribution in [0.2, 0.25) is 10.0 Å². The van der Waals surface area contributed by atoms with E-state index >= 15 is 0 Å². The van der Waals surface area contributed by atoms with E-state index in [0.29, 0.717) is 10.0 Å². The summed E-state index contributed by atoms with van der Waals surface area (Å²) in [6, 6.07) is 9.83. The number of hydrogen-bond donors (Lipinski definition) is 1. The van der Waals surface area contributed by atoms with Crippen molar-refractivity contribution in [1.29, 1.82) is 0 Å². The summed E-state index contributed by atoms with van der Waals surface area (Å²) in [5.74, 6) is 0.958. The fourth-order valence-electron chi connectivity index (χ4n) is 1.99. The third kappa shape index (κ3) is 4.00. The van der Waals surface area contributed by atoms with Crippen LogP contribution in [0.5, 0.6) is 0 Å². The minimum absolute atomic E-state index is 0.181. The average Bonchev–Trinajstić information content (AvgIpc) is 2.91. The normalized spacial score (nSPS) is 12.6. The minimum Gasteiger partial charge on any atom is -0.469 e. The van der Waals surface area contributed by atoms with Gasteiger partial charge in [0.15, 0.2) is 0 Å². The van der Waals surface area contributed by atoms with E-state index < -0.39 is 0 Å². The van der Waals surface area contributed by atoms with E-state index in [2.05, 4.69) is 12.2 Å². The molecule has 1 aromatic carbocycles. The number of halogens is 2. The predicted molar refractivity (Wildman–Crippen MR) is 79.9 cm³/mol. The van der Waals surface area contributed by atoms with E-state index in [0.717, 1.165) is 30.7 Å². The molecule has 0 saturated carbocycles. The van der Waals surface area contributed by atoms with Gasteiger partial charge in [0.2, 0.25) is 0 Å². The molecule has 2 aromatic rings. The third-order valence-electron chi connectivity index (χ3n) is 2.97. The molecular formula is C15H17Cl2NO. The van der Waals surface area contributed by atoms with Crippen molar-refractivity contribution in [2.24, 2.45) is 0 Å². The molecule has 0 aliphatic heterocycles. The van der Waals surface area contributed by atoms with Crippen molar-refractivity contribution in [3.8, 4) is 0 Å². The summed E-state index contributed by atoms with van der Waals surface area (Å²) in [6.07, 6.45) is 3.57. The summed E-state index contributed by atoms with van der Waals surface area (Å²) in [7, 11) is 0. The standard InChI is InChI=1S/C15H17Cl2NO/c1-2-7-18-15(10-12-4-3-8-19-12)11-5-6-13(16)14(17)9-11/h3-6,8-9,15,18H,2,7,10H2,1H3. The number of furan rings is 1. The number of nitrogens with one attached hydrogen (secondary N) is 1. The van der Waals surface area contributed by atoms with E-state index in [9.17, 15) is 0 Å². The van der Waals surface area contributed by atoms with Crippen molar-refractivity contribution in [2.75, 3.05) is 6.54 Å². The van der Waals surface area contributed by atoms with Gasteiger partial charge in [-0.2, -0.15) is 0 Å². The summed E-state index contributed by atoms with van der Waals surface area (Å²) < 4.78 is 5.42. The van der Waals surface area contributed by atoms with Crippen molar-refractivity contribution >= 4 is 23.2 Å². The van der Waals surface area contributed by atoms with Crippen LogP contribution in [0, 0.1) is 0 Å². The van der Waals surface area contributed by atoms with Gasteiger partial charge < -0.3 is 9.73 Å². The Morgan fingerprint density at radius 3 is 2.68 bits per heavy atom. The maximum absolute atomic E-state index is 6.09. The first-order chi connectivity index (χ1) is 9.20. The lowest BCUT2D eigenvalue weighted by Gasteiger charge is -2.18. The molecule has 19 heavy (non-hydrogen) atoms. The first kappa shape index (κ1) is 14.4. The molecule has 4 heteroatoms. The highest BCUT2D eigenvalue weighted by Crippen LogP contribution is 2.27. The Morgan fingerprint density at radius 1 is 1.21 bits per heavy atom. The topological polar surface area (TPSA) is 25.2 Å². The smallest absolute Gasteiger partial charge is 0.105 e. The highest BCUT2D eigenvalue weighted by atomic mass is 35.5. The zero-order chi connectivity index (χ0) is 13.7. The molecule has 0 spiro atoms. The molecule has 0 radical (unpaired) electrons. The quantitative estimate of drug-likeness (QED) is 0.823. The highest BCUT2D eigenvalue weighted by molar-refractivity contribution is 6.42. The van der Waals surface area contributed by atoms with Crippen LogP contribution < -0.4 is 5.32 Å². The SMILES string of the molecule is CCCNC(Cc1ccco1)c1ccc(Cl)c(Cl)c1. The van der Waals surface area contributed by atoms with Gasteiger partial charge in [-0.05, 0) is 42.8 Å². The number of hydrogen-bond acceptors (Lipinski definition) is 2. The molecule has 2 rings (SSSR count). The third-order valence-corrected chi connectivity index (χ3v) is 3.71. The van der Waals surface area contributed by atoms with Gasteiger partial charge in [0.25, 0.3) is 0 Å². The molecule has 0 fully saturated rings. The Balaban J connectivity index is 2.18. The van der Waals surface area contributed by atoms with Crippen LogP contribution in [0.3, 0.4) is 0 Å². The van der Waals surface area contributed by atoms with Crippen molar-refractivity contribution in [3.63, 3.8) is 0 Å². The van der Waals surface area contributed by atoms with E-state index in [1.807, 2.05) is 30.3 Å². The summed E-state index contributed by atoms with van der Waals surface area (Å²) in [6.45, 7) is 3.09. The van der Waals surface area contributed by atoms with Crippen LogP contribution in [0.4, 0.5) is 0 Å². The fraction of sp³-hybridized carbons (Fsp3) is 0.333. The Kier molecular flexibility index (Phi) is 5.32. The average molecular weight is 298 g/mol. The molecule has 0 aliphatic rings. The van der Waals surface area contributed by atoms with Crippen molar-refractivity contribution in [3.05, 3.63) is 58.0 Å². The zero-order valence-electron chi connectivity index (χ0n) is 10.8. The van der Waals surface area contributed by atoms with Gasteiger partial charge in [-0.1, -0.05) is 36.2 Å². The number of benzene rings is 1. The van der Waals surface area contributed by atoms with Crippen LogP contribution in [-0.2, 0) is 6.42 Å². The molecule has 102 valence electrons. The van der Waals surface area contributed by atoms with Crippen LogP contribution in [-0.4, -0.2) is 6.54 Å². The second-order valence-electron chi connectivity index (χ2n) is 4.46. The first-order valence-electron chi connectivity index (χ1n) is 6.41. The summed E-state index contributed by atoms with van der Waals surface area (Å²) in [5, 5.41) is 4.68. The molecule has 1 unspecified atom stereocenters. The summed E-state index contributed by atoms with van der Waals surface area (Å²) in [5.41, 5.74) is 1.12. The van der Waals surface area contributed by atoms with Crippen LogP contribution in [0.15, 0.2) is 41.0 Å². The Hall–Kier alpha value is -0.960. The predicted octanol–water partition coefficient (Wildman–Crippen LogP) is 4.87. The molecule has 0 bridgehead atoms. The Morgan fingerprint density at radius 2 is 2.05 bits per heavy atom.